The maximum absolute atomic E-state index is 13.2. The summed E-state index contributed by atoms with van der Waals surface area (Å²) in [6.07, 6.45) is -3.52. The van der Waals surface area contributed by atoms with Crippen molar-refractivity contribution in [2.75, 3.05) is 0 Å². The topological polar surface area (TPSA) is 89.9 Å². The molecule has 1 aromatic heterocycles. The molecule has 26 heavy (non-hydrogen) atoms. The fourth-order valence-corrected chi connectivity index (χ4v) is 2.88. The zero-order chi connectivity index (χ0) is 18.2. The van der Waals surface area contributed by atoms with E-state index in [4.69, 9.17) is 15.9 Å². The van der Waals surface area contributed by atoms with Crippen molar-refractivity contribution < 1.29 is 22.0 Å². The Morgan fingerprint density at radius 1 is 1.12 bits per heavy atom. The Morgan fingerprint density at radius 2 is 1.77 bits per heavy atom. The highest BCUT2D eigenvalue weighted by Gasteiger charge is 2.41. The standard InChI is InChI=1S/C16H14F4N4O.ClH/c17-10-3-1-8(2-4-10)9-5-12(23-24-15(21)22)14-11(16(18,19)20)7-25-13(14)6-9;/h1-4,7,9H,5-6H2,(H4,21,22,24);1H/b23-12+;. The fourth-order valence-electron chi connectivity index (χ4n) is 2.88. The monoisotopic (exact) mass is 390 g/mol. The highest BCUT2D eigenvalue weighted by atomic mass is 35.5. The van der Waals surface area contributed by atoms with Crippen molar-refractivity contribution in [3.8, 4) is 0 Å². The Kier molecular flexibility index (Phi) is 5.60. The van der Waals surface area contributed by atoms with Crippen LogP contribution in [-0.4, -0.2) is 11.7 Å². The highest BCUT2D eigenvalue weighted by molar-refractivity contribution is 6.04. The second kappa shape index (κ2) is 7.36. The molecular formula is C16H15ClF4N4O. The van der Waals surface area contributed by atoms with Gasteiger partial charge in [0.1, 0.15) is 23.4 Å². The van der Waals surface area contributed by atoms with Crippen molar-refractivity contribution in [2.24, 2.45) is 21.7 Å². The number of guanidine groups is 1. The van der Waals surface area contributed by atoms with Gasteiger partial charge in [0.2, 0.25) is 5.96 Å². The molecule has 1 atom stereocenters. The number of rotatable bonds is 2. The smallest absolute Gasteiger partial charge is 0.420 e. The van der Waals surface area contributed by atoms with E-state index in [2.05, 4.69) is 10.2 Å². The molecule has 1 heterocycles. The summed E-state index contributed by atoms with van der Waals surface area (Å²) in [7, 11) is 0. The first-order chi connectivity index (χ1) is 11.8. The van der Waals surface area contributed by atoms with E-state index in [1.807, 2.05) is 0 Å². The van der Waals surface area contributed by atoms with Gasteiger partial charge >= 0.3 is 6.18 Å². The van der Waals surface area contributed by atoms with Crippen molar-refractivity contribution in [1.29, 1.82) is 0 Å². The minimum absolute atomic E-state index is 0. The summed E-state index contributed by atoms with van der Waals surface area (Å²) in [6.45, 7) is 0. The van der Waals surface area contributed by atoms with Crippen molar-refractivity contribution in [1.82, 2.24) is 0 Å². The van der Waals surface area contributed by atoms with Crippen LogP contribution < -0.4 is 11.5 Å². The first-order valence-electron chi connectivity index (χ1n) is 7.34. The van der Waals surface area contributed by atoms with E-state index in [9.17, 15) is 17.6 Å². The second-order valence-electron chi connectivity index (χ2n) is 5.67. The maximum Gasteiger partial charge on any atom is 0.420 e. The van der Waals surface area contributed by atoms with Crippen LogP contribution in [0.15, 0.2) is 45.1 Å². The highest BCUT2D eigenvalue weighted by Crippen LogP contribution is 2.41. The lowest BCUT2D eigenvalue weighted by molar-refractivity contribution is -0.138. The van der Waals surface area contributed by atoms with Crippen molar-refractivity contribution >= 4 is 24.1 Å². The molecule has 2 aromatic rings. The minimum atomic E-state index is -4.58. The van der Waals surface area contributed by atoms with Gasteiger partial charge in [-0.1, -0.05) is 12.1 Å². The molecule has 0 fully saturated rings. The molecule has 0 spiro atoms. The Bertz CT molecular complexity index is 839. The van der Waals surface area contributed by atoms with E-state index in [0.717, 1.165) is 5.56 Å². The van der Waals surface area contributed by atoms with Crippen molar-refractivity contribution in [3.05, 3.63) is 58.8 Å². The third kappa shape index (κ3) is 3.98. The molecule has 5 nitrogen and oxygen atoms in total. The molecule has 0 amide bonds. The van der Waals surface area contributed by atoms with Crippen LogP contribution in [0.4, 0.5) is 17.6 Å². The molecule has 1 unspecified atom stereocenters. The predicted molar refractivity (Wildman–Crippen MR) is 90.8 cm³/mol. The molecule has 0 saturated carbocycles. The Labute approximate surface area is 152 Å². The van der Waals surface area contributed by atoms with Gasteiger partial charge in [-0.25, -0.2) is 4.39 Å². The minimum Gasteiger partial charge on any atom is -0.468 e. The Morgan fingerprint density at radius 3 is 2.35 bits per heavy atom. The van der Waals surface area contributed by atoms with E-state index in [1.165, 1.54) is 12.1 Å². The molecule has 0 aliphatic heterocycles. The quantitative estimate of drug-likeness (QED) is 0.355. The second-order valence-corrected chi connectivity index (χ2v) is 5.67. The molecule has 1 aliphatic rings. The number of hydrogen-bond donors (Lipinski definition) is 2. The molecule has 1 aliphatic carbocycles. The van der Waals surface area contributed by atoms with Gasteiger partial charge < -0.3 is 15.9 Å². The molecule has 140 valence electrons. The average molecular weight is 391 g/mol. The van der Waals surface area contributed by atoms with Crippen LogP contribution in [0.3, 0.4) is 0 Å². The van der Waals surface area contributed by atoms with Crippen molar-refractivity contribution in [2.45, 2.75) is 24.9 Å². The van der Waals surface area contributed by atoms with Gasteiger partial charge in [0.15, 0.2) is 0 Å². The maximum atomic E-state index is 13.2. The number of hydrogen-bond acceptors (Lipinski definition) is 3. The summed E-state index contributed by atoms with van der Waals surface area (Å²) in [5.41, 5.74) is 10.2. The summed E-state index contributed by atoms with van der Waals surface area (Å²) in [4.78, 5) is 0. The third-order valence-corrected chi connectivity index (χ3v) is 3.96. The number of nitrogens with zero attached hydrogens (tertiary/aromatic N) is 2. The van der Waals surface area contributed by atoms with Crippen LogP contribution in [0.1, 0.15) is 34.8 Å². The van der Waals surface area contributed by atoms with Gasteiger partial charge in [0.25, 0.3) is 0 Å². The van der Waals surface area contributed by atoms with Crippen LogP contribution in [0.25, 0.3) is 0 Å². The van der Waals surface area contributed by atoms with Crippen molar-refractivity contribution in [3.63, 3.8) is 0 Å². The molecule has 1 aromatic carbocycles. The Hall–Kier alpha value is -2.55. The van der Waals surface area contributed by atoms with Gasteiger partial charge in [-0.15, -0.1) is 17.5 Å². The lowest BCUT2D eigenvalue weighted by Gasteiger charge is -2.23. The molecular weight excluding hydrogens is 376 g/mol. The van der Waals surface area contributed by atoms with Crippen LogP contribution in [-0.2, 0) is 12.6 Å². The van der Waals surface area contributed by atoms with Gasteiger partial charge in [-0.3, -0.25) is 0 Å². The summed E-state index contributed by atoms with van der Waals surface area (Å²) in [5.74, 6) is -0.840. The molecule has 4 N–H and O–H groups in total. The van der Waals surface area contributed by atoms with Gasteiger partial charge in [0.05, 0.1) is 11.3 Å². The lowest BCUT2D eigenvalue weighted by atomic mass is 9.81. The zero-order valence-electron chi connectivity index (χ0n) is 13.3. The fraction of sp³-hybridized carbons (Fsp3) is 0.250. The van der Waals surface area contributed by atoms with E-state index in [-0.39, 0.29) is 54.2 Å². The summed E-state index contributed by atoms with van der Waals surface area (Å²) in [5, 5.41) is 7.27. The lowest BCUT2D eigenvalue weighted by Crippen LogP contribution is -2.24. The number of halogens is 5. The van der Waals surface area contributed by atoms with Crippen LogP contribution in [0.2, 0.25) is 0 Å². The number of fused-ring (bicyclic) bond motifs is 1. The molecule has 3 rings (SSSR count). The molecule has 0 bridgehead atoms. The molecule has 10 heteroatoms. The first-order valence-corrected chi connectivity index (χ1v) is 7.34. The van der Waals surface area contributed by atoms with E-state index >= 15 is 0 Å². The van der Waals surface area contributed by atoms with Gasteiger partial charge in [0, 0.05) is 6.42 Å². The van der Waals surface area contributed by atoms with Crippen LogP contribution >= 0.6 is 12.4 Å². The van der Waals surface area contributed by atoms with E-state index in [0.29, 0.717) is 6.26 Å². The Balaban J connectivity index is 0.00000243. The largest absolute Gasteiger partial charge is 0.468 e. The average Bonchev–Trinajstić information content (AvgIpc) is 2.97. The van der Waals surface area contributed by atoms with E-state index < -0.39 is 17.6 Å². The molecule has 0 saturated heterocycles. The third-order valence-electron chi connectivity index (χ3n) is 3.96. The molecule has 0 radical (unpaired) electrons. The summed E-state index contributed by atoms with van der Waals surface area (Å²) >= 11 is 0. The zero-order valence-corrected chi connectivity index (χ0v) is 14.1. The normalized spacial score (nSPS) is 18.2. The summed E-state index contributed by atoms with van der Waals surface area (Å²) < 4.78 is 57.9. The number of nitrogens with two attached hydrogens (primary N) is 2. The number of alkyl halides is 3. The van der Waals surface area contributed by atoms with Crippen LogP contribution in [0, 0.1) is 5.82 Å². The predicted octanol–water partition coefficient (Wildman–Crippen LogP) is 3.57. The van der Waals surface area contributed by atoms with Gasteiger partial charge in [-0.2, -0.15) is 18.3 Å². The SMILES string of the molecule is Cl.NC(N)=N/N=C1\CC(c2ccc(F)cc2)Cc2occ(C(F)(F)F)c21. The summed E-state index contributed by atoms with van der Waals surface area (Å²) in [6, 6.07) is 5.75. The number of furan rings is 1. The first kappa shape index (κ1) is 19.8. The van der Waals surface area contributed by atoms with Crippen LogP contribution in [0.5, 0.6) is 0 Å². The van der Waals surface area contributed by atoms with Gasteiger partial charge in [-0.05, 0) is 30.0 Å². The van der Waals surface area contributed by atoms with E-state index in [1.54, 1.807) is 12.1 Å². The number of benzene rings is 1.